The van der Waals surface area contributed by atoms with E-state index in [-0.39, 0.29) is 18.4 Å². The van der Waals surface area contributed by atoms with Gasteiger partial charge in [-0.15, -0.1) is 6.58 Å². The van der Waals surface area contributed by atoms with Crippen LogP contribution in [0.15, 0.2) is 36.9 Å². The van der Waals surface area contributed by atoms with Gasteiger partial charge in [-0.3, -0.25) is 9.59 Å². The minimum Gasteiger partial charge on any atom is -0.351 e. The Labute approximate surface area is 107 Å². The molecular formula is C14H18N2O2. The summed E-state index contributed by atoms with van der Waals surface area (Å²) in [5.74, 6) is -0.355. The van der Waals surface area contributed by atoms with Crippen molar-refractivity contribution in [2.75, 3.05) is 18.0 Å². The number of benzene rings is 1. The largest absolute Gasteiger partial charge is 0.351 e. The van der Waals surface area contributed by atoms with E-state index in [1.165, 1.54) is 11.8 Å². The van der Waals surface area contributed by atoms with E-state index in [1.807, 2.05) is 31.2 Å². The minimum atomic E-state index is -0.201. The average molecular weight is 246 g/mol. The number of anilines is 1. The third kappa shape index (κ3) is 3.73. The first kappa shape index (κ1) is 14.0. The molecule has 0 heterocycles. The Bertz CT molecular complexity index is 455. The Hall–Kier alpha value is -2.10. The molecule has 96 valence electrons. The summed E-state index contributed by atoms with van der Waals surface area (Å²) in [5.41, 5.74) is 1.72. The van der Waals surface area contributed by atoms with E-state index < -0.39 is 0 Å². The van der Waals surface area contributed by atoms with Crippen LogP contribution in [0, 0.1) is 6.92 Å². The van der Waals surface area contributed by atoms with Crippen molar-refractivity contribution < 1.29 is 9.59 Å². The molecular weight excluding hydrogens is 228 g/mol. The van der Waals surface area contributed by atoms with Gasteiger partial charge in [0.2, 0.25) is 11.8 Å². The zero-order valence-electron chi connectivity index (χ0n) is 10.8. The van der Waals surface area contributed by atoms with Gasteiger partial charge in [0.25, 0.3) is 0 Å². The van der Waals surface area contributed by atoms with Crippen LogP contribution in [0.2, 0.25) is 0 Å². The molecule has 18 heavy (non-hydrogen) atoms. The van der Waals surface area contributed by atoms with Crippen LogP contribution in [0.4, 0.5) is 5.69 Å². The quantitative estimate of drug-likeness (QED) is 0.803. The number of carbonyl (C=O) groups is 2. The number of carbonyl (C=O) groups excluding carboxylic acids is 2. The molecule has 0 saturated heterocycles. The first-order valence-electron chi connectivity index (χ1n) is 5.77. The maximum atomic E-state index is 11.6. The van der Waals surface area contributed by atoms with E-state index in [0.29, 0.717) is 6.54 Å². The standard InChI is InChI=1S/C14H18N2O2/c1-4-9-15-14(18)10-16(12(3)17)13-8-6-5-7-11(13)2/h4-8H,1,9-10H2,2-3H3,(H,15,18). The molecule has 0 aliphatic heterocycles. The van der Waals surface area contributed by atoms with Gasteiger partial charge >= 0.3 is 0 Å². The Morgan fingerprint density at radius 2 is 2.06 bits per heavy atom. The van der Waals surface area contributed by atoms with Crippen LogP contribution in [0.1, 0.15) is 12.5 Å². The third-order valence-corrected chi connectivity index (χ3v) is 2.53. The molecule has 0 aliphatic rings. The zero-order valence-corrected chi connectivity index (χ0v) is 10.8. The van der Waals surface area contributed by atoms with Gasteiger partial charge in [-0.25, -0.2) is 0 Å². The van der Waals surface area contributed by atoms with Crippen LogP contribution in [-0.4, -0.2) is 24.9 Å². The van der Waals surface area contributed by atoms with Gasteiger partial charge < -0.3 is 10.2 Å². The molecule has 4 heteroatoms. The molecule has 0 aliphatic carbocycles. The first-order chi connectivity index (χ1) is 8.56. The third-order valence-electron chi connectivity index (χ3n) is 2.53. The van der Waals surface area contributed by atoms with Crippen LogP contribution in [0.3, 0.4) is 0 Å². The van der Waals surface area contributed by atoms with Crippen molar-refractivity contribution in [3.05, 3.63) is 42.5 Å². The Morgan fingerprint density at radius 3 is 2.61 bits per heavy atom. The van der Waals surface area contributed by atoms with Crippen LogP contribution in [0.25, 0.3) is 0 Å². The molecule has 2 amide bonds. The molecule has 0 unspecified atom stereocenters. The molecule has 1 aromatic carbocycles. The molecule has 0 aromatic heterocycles. The van der Waals surface area contributed by atoms with Gasteiger partial charge in [0, 0.05) is 19.2 Å². The second-order valence-corrected chi connectivity index (χ2v) is 3.98. The Morgan fingerprint density at radius 1 is 1.39 bits per heavy atom. The normalized spacial score (nSPS) is 9.67. The molecule has 4 nitrogen and oxygen atoms in total. The maximum Gasteiger partial charge on any atom is 0.240 e. The van der Waals surface area contributed by atoms with Crippen LogP contribution >= 0.6 is 0 Å². The number of hydrogen-bond acceptors (Lipinski definition) is 2. The summed E-state index contributed by atoms with van der Waals surface area (Å²) < 4.78 is 0. The van der Waals surface area contributed by atoms with E-state index in [2.05, 4.69) is 11.9 Å². The molecule has 1 rings (SSSR count). The fourth-order valence-corrected chi connectivity index (χ4v) is 1.62. The van der Waals surface area contributed by atoms with Crippen molar-refractivity contribution in [1.29, 1.82) is 0 Å². The number of para-hydroxylation sites is 1. The van der Waals surface area contributed by atoms with Crippen LogP contribution < -0.4 is 10.2 Å². The van der Waals surface area contributed by atoms with Gasteiger partial charge in [-0.1, -0.05) is 24.3 Å². The van der Waals surface area contributed by atoms with E-state index in [0.717, 1.165) is 11.3 Å². The molecule has 1 aromatic rings. The Balaban J connectivity index is 2.84. The summed E-state index contributed by atoms with van der Waals surface area (Å²) in [6.45, 7) is 7.31. The maximum absolute atomic E-state index is 11.6. The second kappa shape index (κ2) is 6.59. The van der Waals surface area contributed by atoms with Crippen molar-refractivity contribution in [2.24, 2.45) is 0 Å². The highest BCUT2D eigenvalue weighted by Gasteiger charge is 2.16. The van der Waals surface area contributed by atoms with Crippen LogP contribution in [0.5, 0.6) is 0 Å². The summed E-state index contributed by atoms with van der Waals surface area (Å²) in [5, 5.41) is 2.66. The molecule has 0 saturated carbocycles. The molecule has 0 atom stereocenters. The summed E-state index contributed by atoms with van der Waals surface area (Å²) >= 11 is 0. The molecule has 1 N–H and O–H groups in total. The minimum absolute atomic E-state index is 0.0219. The van der Waals surface area contributed by atoms with Crippen molar-refractivity contribution in [3.63, 3.8) is 0 Å². The van der Waals surface area contributed by atoms with E-state index in [4.69, 9.17) is 0 Å². The highest BCUT2D eigenvalue weighted by atomic mass is 16.2. The number of nitrogens with one attached hydrogen (secondary N) is 1. The highest BCUT2D eigenvalue weighted by molar-refractivity contribution is 5.98. The van der Waals surface area contributed by atoms with Gasteiger partial charge in [0.05, 0.1) is 0 Å². The van der Waals surface area contributed by atoms with Gasteiger partial charge in [-0.05, 0) is 18.6 Å². The predicted molar refractivity (Wildman–Crippen MR) is 72.4 cm³/mol. The second-order valence-electron chi connectivity index (χ2n) is 3.98. The lowest BCUT2D eigenvalue weighted by Crippen LogP contribution is -2.40. The lowest BCUT2D eigenvalue weighted by Gasteiger charge is -2.22. The average Bonchev–Trinajstić information content (AvgIpc) is 2.34. The molecule has 0 spiro atoms. The van der Waals surface area contributed by atoms with Crippen molar-refractivity contribution >= 4 is 17.5 Å². The molecule has 0 bridgehead atoms. The topological polar surface area (TPSA) is 49.4 Å². The number of rotatable bonds is 5. The lowest BCUT2D eigenvalue weighted by molar-refractivity contribution is -0.122. The smallest absolute Gasteiger partial charge is 0.240 e. The summed E-state index contributed by atoms with van der Waals surface area (Å²) in [6, 6.07) is 7.49. The first-order valence-corrected chi connectivity index (χ1v) is 5.77. The fourth-order valence-electron chi connectivity index (χ4n) is 1.62. The number of nitrogens with zero attached hydrogens (tertiary/aromatic N) is 1. The number of hydrogen-bond donors (Lipinski definition) is 1. The van der Waals surface area contributed by atoms with E-state index in [1.54, 1.807) is 6.08 Å². The predicted octanol–water partition coefficient (Wildman–Crippen LogP) is 1.65. The Kier molecular flexibility index (Phi) is 5.11. The van der Waals surface area contributed by atoms with E-state index >= 15 is 0 Å². The van der Waals surface area contributed by atoms with Gasteiger partial charge in [0.1, 0.15) is 6.54 Å². The van der Waals surface area contributed by atoms with Crippen molar-refractivity contribution in [1.82, 2.24) is 5.32 Å². The number of aryl methyl sites for hydroxylation is 1. The highest BCUT2D eigenvalue weighted by Crippen LogP contribution is 2.19. The SMILES string of the molecule is C=CCNC(=O)CN(C(C)=O)c1ccccc1C. The lowest BCUT2D eigenvalue weighted by atomic mass is 10.2. The zero-order chi connectivity index (χ0) is 13.5. The molecule has 0 fully saturated rings. The summed E-state index contributed by atoms with van der Waals surface area (Å²) in [6.07, 6.45) is 1.60. The monoisotopic (exact) mass is 246 g/mol. The van der Waals surface area contributed by atoms with Gasteiger partial charge in [0.15, 0.2) is 0 Å². The van der Waals surface area contributed by atoms with Gasteiger partial charge in [-0.2, -0.15) is 0 Å². The van der Waals surface area contributed by atoms with Crippen LogP contribution in [-0.2, 0) is 9.59 Å². The number of amides is 2. The summed E-state index contributed by atoms with van der Waals surface area (Å²) in [4.78, 5) is 24.7. The fraction of sp³-hybridized carbons (Fsp3) is 0.286. The molecule has 0 radical (unpaired) electrons. The summed E-state index contributed by atoms with van der Waals surface area (Å²) in [7, 11) is 0. The van der Waals surface area contributed by atoms with Crippen molar-refractivity contribution in [2.45, 2.75) is 13.8 Å². The van der Waals surface area contributed by atoms with Crippen molar-refractivity contribution in [3.8, 4) is 0 Å². The van der Waals surface area contributed by atoms with E-state index in [9.17, 15) is 9.59 Å².